The number of rotatable bonds is 5. The lowest BCUT2D eigenvalue weighted by molar-refractivity contribution is 0.0992. The molecule has 0 aliphatic carbocycles. The maximum Gasteiger partial charge on any atom is 0.168 e. The van der Waals surface area contributed by atoms with Gasteiger partial charge in [-0.2, -0.15) is 0 Å². The van der Waals surface area contributed by atoms with Gasteiger partial charge >= 0.3 is 0 Å². The van der Waals surface area contributed by atoms with Gasteiger partial charge in [0.1, 0.15) is 0 Å². The topological polar surface area (TPSA) is 35.5 Å². The number of ketones is 1. The van der Waals surface area contributed by atoms with E-state index >= 15 is 0 Å². The predicted molar refractivity (Wildman–Crippen MR) is 83.8 cm³/mol. The fraction of sp³-hybridized carbons (Fsp3) is 0.235. The Balaban J connectivity index is 2.31. The molecule has 0 aromatic heterocycles. The first-order valence-electron chi connectivity index (χ1n) is 6.55. The second kappa shape index (κ2) is 6.64. The van der Waals surface area contributed by atoms with Crippen molar-refractivity contribution in [2.75, 3.05) is 14.2 Å². The predicted octanol–water partition coefficient (Wildman–Crippen LogP) is 4.09. The number of methoxy groups -OCH3 is 2. The van der Waals surface area contributed by atoms with Gasteiger partial charge in [0, 0.05) is 18.1 Å². The quantitative estimate of drug-likeness (QED) is 0.780. The van der Waals surface area contributed by atoms with Crippen molar-refractivity contribution >= 4 is 17.4 Å². The highest BCUT2D eigenvalue weighted by Crippen LogP contribution is 2.33. The van der Waals surface area contributed by atoms with Gasteiger partial charge in [-0.25, -0.2) is 0 Å². The fourth-order valence-electron chi connectivity index (χ4n) is 2.17. The van der Waals surface area contributed by atoms with Crippen LogP contribution in [0, 0.1) is 6.92 Å². The Bertz CT molecular complexity index is 665. The lowest BCUT2D eigenvalue weighted by Crippen LogP contribution is -2.05. The van der Waals surface area contributed by atoms with Crippen LogP contribution in [0.2, 0.25) is 5.02 Å². The Labute approximate surface area is 129 Å². The molecule has 2 aromatic carbocycles. The van der Waals surface area contributed by atoms with Crippen LogP contribution in [-0.4, -0.2) is 20.0 Å². The van der Waals surface area contributed by atoms with Crippen molar-refractivity contribution in [2.45, 2.75) is 13.3 Å². The van der Waals surface area contributed by atoms with E-state index in [1.54, 1.807) is 12.1 Å². The van der Waals surface area contributed by atoms with E-state index in [1.165, 1.54) is 14.2 Å². The van der Waals surface area contributed by atoms with Crippen molar-refractivity contribution in [3.63, 3.8) is 0 Å². The summed E-state index contributed by atoms with van der Waals surface area (Å²) in [6.07, 6.45) is 0.302. The third-order valence-corrected chi connectivity index (χ3v) is 3.53. The minimum absolute atomic E-state index is 0.0495. The Kier molecular flexibility index (Phi) is 4.86. The van der Waals surface area contributed by atoms with Gasteiger partial charge in [-0.3, -0.25) is 4.79 Å². The summed E-state index contributed by atoms with van der Waals surface area (Å²) in [5.41, 5.74) is 2.53. The number of ether oxygens (including phenoxy) is 2. The number of hydrogen-bond acceptors (Lipinski definition) is 3. The first kappa shape index (κ1) is 15.4. The molecule has 2 aromatic rings. The normalized spacial score (nSPS) is 10.3. The van der Waals surface area contributed by atoms with E-state index in [0.29, 0.717) is 28.5 Å². The zero-order valence-electron chi connectivity index (χ0n) is 12.3. The average molecular weight is 305 g/mol. The maximum absolute atomic E-state index is 12.4. The summed E-state index contributed by atoms with van der Waals surface area (Å²) in [6, 6.07) is 11.1. The standard InChI is InChI=1S/C17H17ClO3/c1-11-5-4-6-12(7-11)8-15(19)13-9-16(20-2)17(21-3)10-14(13)18/h4-7,9-10H,8H2,1-3H3. The molecular formula is C17H17ClO3. The third kappa shape index (κ3) is 3.56. The van der Waals surface area contributed by atoms with E-state index in [2.05, 4.69) is 0 Å². The summed E-state index contributed by atoms with van der Waals surface area (Å²) in [5.74, 6) is 0.954. The summed E-state index contributed by atoms with van der Waals surface area (Å²) < 4.78 is 10.4. The van der Waals surface area contributed by atoms with Crippen molar-refractivity contribution in [1.29, 1.82) is 0 Å². The molecule has 0 aliphatic heterocycles. The number of hydrogen-bond donors (Lipinski definition) is 0. The molecule has 0 atom stereocenters. The molecule has 0 saturated heterocycles. The van der Waals surface area contributed by atoms with Crippen LogP contribution in [0.1, 0.15) is 21.5 Å². The lowest BCUT2D eigenvalue weighted by atomic mass is 10.0. The number of carbonyl (C=O) groups is 1. The summed E-state index contributed by atoms with van der Waals surface area (Å²) in [7, 11) is 3.06. The summed E-state index contributed by atoms with van der Waals surface area (Å²) in [6.45, 7) is 2.00. The van der Waals surface area contributed by atoms with Crippen LogP contribution in [-0.2, 0) is 6.42 Å². The highest BCUT2D eigenvalue weighted by molar-refractivity contribution is 6.34. The molecule has 0 saturated carbocycles. The zero-order valence-corrected chi connectivity index (χ0v) is 13.0. The van der Waals surface area contributed by atoms with Gasteiger partial charge < -0.3 is 9.47 Å². The highest BCUT2D eigenvalue weighted by atomic mass is 35.5. The number of halogens is 1. The molecule has 0 bridgehead atoms. The zero-order chi connectivity index (χ0) is 15.4. The molecule has 3 nitrogen and oxygen atoms in total. The molecular weight excluding hydrogens is 288 g/mol. The Hall–Kier alpha value is -2.00. The molecule has 0 heterocycles. The summed E-state index contributed by atoms with van der Waals surface area (Å²) in [5, 5.41) is 0.366. The van der Waals surface area contributed by atoms with Crippen molar-refractivity contribution in [3.8, 4) is 11.5 Å². The first-order chi connectivity index (χ1) is 10.0. The van der Waals surface area contributed by atoms with Crippen molar-refractivity contribution in [3.05, 3.63) is 58.1 Å². The number of Topliss-reactive ketones (excluding diaryl/α,β-unsaturated/α-hetero) is 1. The SMILES string of the molecule is COc1cc(Cl)c(C(=O)Cc2cccc(C)c2)cc1OC. The second-order valence-electron chi connectivity index (χ2n) is 4.78. The Morgan fingerprint density at radius 2 is 1.76 bits per heavy atom. The van der Waals surface area contributed by atoms with Gasteiger partial charge in [0.2, 0.25) is 0 Å². The minimum Gasteiger partial charge on any atom is -0.493 e. The van der Waals surface area contributed by atoms with E-state index in [-0.39, 0.29) is 5.78 Å². The molecule has 21 heavy (non-hydrogen) atoms. The van der Waals surface area contributed by atoms with Gasteiger partial charge in [-0.15, -0.1) is 0 Å². The van der Waals surface area contributed by atoms with Crippen LogP contribution in [0.25, 0.3) is 0 Å². The Morgan fingerprint density at radius 3 is 2.38 bits per heavy atom. The van der Waals surface area contributed by atoms with Gasteiger partial charge in [-0.05, 0) is 18.6 Å². The van der Waals surface area contributed by atoms with Crippen LogP contribution >= 0.6 is 11.6 Å². The highest BCUT2D eigenvalue weighted by Gasteiger charge is 2.16. The molecule has 4 heteroatoms. The number of carbonyl (C=O) groups excluding carboxylic acids is 1. The minimum atomic E-state index is -0.0495. The van der Waals surface area contributed by atoms with Crippen LogP contribution in [0.3, 0.4) is 0 Å². The third-order valence-electron chi connectivity index (χ3n) is 3.22. The number of aryl methyl sites for hydroxylation is 1. The Morgan fingerprint density at radius 1 is 1.10 bits per heavy atom. The molecule has 0 N–H and O–H groups in total. The summed E-state index contributed by atoms with van der Waals surface area (Å²) in [4.78, 5) is 12.4. The summed E-state index contributed by atoms with van der Waals surface area (Å²) >= 11 is 6.17. The largest absolute Gasteiger partial charge is 0.493 e. The van der Waals surface area contributed by atoms with E-state index in [0.717, 1.165) is 11.1 Å². The molecule has 0 amide bonds. The fourth-order valence-corrected chi connectivity index (χ4v) is 2.43. The second-order valence-corrected chi connectivity index (χ2v) is 5.18. The molecule has 2 rings (SSSR count). The van der Waals surface area contributed by atoms with Crippen LogP contribution < -0.4 is 9.47 Å². The van der Waals surface area contributed by atoms with Crippen LogP contribution in [0.5, 0.6) is 11.5 Å². The molecule has 0 aliphatic rings. The average Bonchev–Trinajstić information content (AvgIpc) is 2.46. The van der Waals surface area contributed by atoms with Crippen LogP contribution in [0.4, 0.5) is 0 Å². The van der Waals surface area contributed by atoms with Crippen LogP contribution in [0.15, 0.2) is 36.4 Å². The van der Waals surface area contributed by atoms with Gasteiger partial charge in [0.05, 0.1) is 19.2 Å². The first-order valence-corrected chi connectivity index (χ1v) is 6.93. The van der Waals surface area contributed by atoms with E-state index in [4.69, 9.17) is 21.1 Å². The van der Waals surface area contributed by atoms with Crippen molar-refractivity contribution in [1.82, 2.24) is 0 Å². The van der Waals surface area contributed by atoms with Crippen molar-refractivity contribution in [2.24, 2.45) is 0 Å². The maximum atomic E-state index is 12.4. The van der Waals surface area contributed by atoms with Gasteiger partial charge in [-0.1, -0.05) is 41.4 Å². The molecule has 0 spiro atoms. The van der Waals surface area contributed by atoms with Gasteiger partial charge in [0.25, 0.3) is 0 Å². The molecule has 0 unspecified atom stereocenters. The van der Waals surface area contributed by atoms with E-state index < -0.39 is 0 Å². The lowest BCUT2D eigenvalue weighted by Gasteiger charge is -2.11. The monoisotopic (exact) mass is 304 g/mol. The molecule has 110 valence electrons. The van der Waals surface area contributed by atoms with Gasteiger partial charge in [0.15, 0.2) is 17.3 Å². The number of benzene rings is 2. The smallest absolute Gasteiger partial charge is 0.168 e. The van der Waals surface area contributed by atoms with Crippen molar-refractivity contribution < 1.29 is 14.3 Å². The van der Waals surface area contributed by atoms with E-state index in [1.807, 2.05) is 31.2 Å². The van der Waals surface area contributed by atoms with E-state index in [9.17, 15) is 4.79 Å². The molecule has 0 radical (unpaired) electrons. The molecule has 0 fully saturated rings.